The van der Waals surface area contributed by atoms with Crippen molar-refractivity contribution >= 4 is 11.5 Å². The maximum atomic E-state index is 5.99. The standard InChI is InChI=1S/C27H33N3O2/c1-21-17-24(32-20-23-9-5-14-28-19-23)11-12-26(21)30-27-18-25(13-15-29-27)31-16-6-10-22-7-3-2-4-8-22/h5,9,11-15,17-19,22H,2-4,6-8,10,16,20H2,1H3,(H,29,30). The Hall–Kier alpha value is -3.08. The third-order valence-corrected chi connectivity index (χ3v) is 6.07. The van der Waals surface area contributed by atoms with Gasteiger partial charge in [0.1, 0.15) is 23.9 Å². The number of anilines is 2. The van der Waals surface area contributed by atoms with Crippen molar-refractivity contribution in [3.8, 4) is 11.5 Å². The lowest BCUT2D eigenvalue weighted by Gasteiger charge is -2.21. The molecule has 32 heavy (non-hydrogen) atoms. The summed E-state index contributed by atoms with van der Waals surface area (Å²) in [6, 6.07) is 13.8. The average molecular weight is 432 g/mol. The second-order valence-corrected chi connectivity index (χ2v) is 8.62. The molecule has 0 bridgehead atoms. The Morgan fingerprint density at radius 2 is 1.84 bits per heavy atom. The molecule has 0 atom stereocenters. The number of aryl methyl sites for hydroxylation is 1. The first kappa shape index (κ1) is 22.1. The van der Waals surface area contributed by atoms with E-state index in [2.05, 4.69) is 22.2 Å². The van der Waals surface area contributed by atoms with Crippen LogP contribution in [-0.4, -0.2) is 16.6 Å². The van der Waals surface area contributed by atoms with Crippen molar-refractivity contribution in [2.24, 2.45) is 5.92 Å². The van der Waals surface area contributed by atoms with Gasteiger partial charge in [-0.05, 0) is 61.6 Å². The number of nitrogens with zero attached hydrogens (tertiary/aromatic N) is 2. The van der Waals surface area contributed by atoms with E-state index in [9.17, 15) is 0 Å². The van der Waals surface area contributed by atoms with Gasteiger partial charge in [0.15, 0.2) is 0 Å². The van der Waals surface area contributed by atoms with E-state index in [-0.39, 0.29) is 0 Å². The van der Waals surface area contributed by atoms with Gasteiger partial charge >= 0.3 is 0 Å². The van der Waals surface area contributed by atoms with Gasteiger partial charge in [0.05, 0.1) is 6.61 Å². The molecule has 5 nitrogen and oxygen atoms in total. The zero-order chi connectivity index (χ0) is 22.0. The molecule has 168 valence electrons. The highest BCUT2D eigenvalue weighted by atomic mass is 16.5. The molecule has 3 aromatic rings. The Morgan fingerprint density at radius 1 is 0.969 bits per heavy atom. The molecule has 5 heteroatoms. The van der Waals surface area contributed by atoms with Crippen molar-refractivity contribution in [3.05, 3.63) is 72.2 Å². The fourth-order valence-electron chi connectivity index (χ4n) is 4.26. The largest absolute Gasteiger partial charge is 0.493 e. The minimum absolute atomic E-state index is 0.502. The molecule has 4 rings (SSSR count). The SMILES string of the molecule is Cc1cc(OCc2cccnc2)ccc1Nc1cc(OCCCC2CCCCC2)ccn1. The molecule has 0 saturated heterocycles. The van der Waals surface area contributed by atoms with Gasteiger partial charge in [-0.25, -0.2) is 4.98 Å². The quantitative estimate of drug-likeness (QED) is 0.356. The normalized spacial score (nSPS) is 14.2. The van der Waals surface area contributed by atoms with E-state index < -0.39 is 0 Å². The monoisotopic (exact) mass is 431 g/mol. The van der Waals surface area contributed by atoms with Gasteiger partial charge in [-0.1, -0.05) is 38.2 Å². The van der Waals surface area contributed by atoms with Gasteiger partial charge in [-0.3, -0.25) is 4.98 Å². The molecule has 2 heterocycles. The molecule has 0 amide bonds. The van der Waals surface area contributed by atoms with Crippen molar-refractivity contribution in [1.82, 2.24) is 9.97 Å². The lowest BCUT2D eigenvalue weighted by atomic mass is 9.86. The Labute approximate surface area is 191 Å². The molecule has 1 N–H and O–H groups in total. The van der Waals surface area contributed by atoms with Crippen molar-refractivity contribution in [2.45, 2.75) is 58.5 Å². The molecule has 0 radical (unpaired) electrons. The van der Waals surface area contributed by atoms with Crippen LogP contribution in [-0.2, 0) is 6.61 Å². The van der Waals surface area contributed by atoms with Crippen LogP contribution in [0, 0.1) is 12.8 Å². The maximum Gasteiger partial charge on any atom is 0.133 e. The second kappa shape index (κ2) is 11.5. The lowest BCUT2D eigenvalue weighted by molar-refractivity contribution is 0.269. The fraction of sp³-hybridized carbons (Fsp3) is 0.407. The summed E-state index contributed by atoms with van der Waals surface area (Å²) in [6.07, 6.45) is 14.8. The summed E-state index contributed by atoms with van der Waals surface area (Å²) in [7, 11) is 0. The summed E-state index contributed by atoms with van der Waals surface area (Å²) in [6.45, 7) is 3.33. The topological polar surface area (TPSA) is 56.3 Å². The lowest BCUT2D eigenvalue weighted by Crippen LogP contribution is -2.08. The second-order valence-electron chi connectivity index (χ2n) is 8.62. The third kappa shape index (κ3) is 6.71. The number of ether oxygens (including phenoxy) is 2. The van der Waals surface area contributed by atoms with Crippen LogP contribution in [0.5, 0.6) is 11.5 Å². The van der Waals surface area contributed by atoms with Crippen LogP contribution in [0.15, 0.2) is 61.1 Å². The number of hydrogen-bond acceptors (Lipinski definition) is 5. The summed E-state index contributed by atoms with van der Waals surface area (Å²) in [4.78, 5) is 8.57. The maximum absolute atomic E-state index is 5.99. The van der Waals surface area contributed by atoms with Crippen LogP contribution in [0.25, 0.3) is 0 Å². The van der Waals surface area contributed by atoms with E-state index in [0.29, 0.717) is 6.61 Å². The van der Waals surface area contributed by atoms with Crippen LogP contribution >= 0.6 is 0 Å². The third-order valence-electron chi connectivity index (χ3n) is 6.07. The molecule has 1 saturated carbocycles. The van der Waals surface area contributed by atoms with Crippen LogP contribution < -0.4 is 14.8 Å². The van der Waals surface area contributed by atoms with Crippen molar-refractivity contribution in [3.63, 3.8) is 0 Å². The molecular weight excluding hydrogens is 398 g/mol. The first-order valence-electron chi connectivity index (χ1n) is 11.7. The number of pyridine rings is 2. The van der Waals surface area contributed by atoms with Gasteiger partial charge in [-0.2, -0.15) is 0 Å². The molecule has 1 aromatic carbocycles. The van der Waals surface area contributed by atoms with Crippen LogP contribution in [0.2, 0.25) is 0 Å². The fourth-order valence-corrected chi connectivity index (χ4v) is 4.26. The number of hydrogen-bond donors (Lipinski definition) is 1. The number of benzene rings is 1. The molecule has 1 aliphatic rings. The molecule has 2 aromatic heterocycles. The van der Waals surface area contributed by atoms with E-state index in [1.807, 2.05) is 48.7 Å². The zero-order valence-electron chi connectivity index (χ0n) is 18.9. The van der Waals surface area contributed by atoms with E-state index in [1.54, 1.807) is 12.4 Å². The van der Waals surface area contributed by atoms with Crippen molar-refractivity contribution < 1.29 is 9.47 Å². The Bertz CT molecular complexity index is 972. The average Bonchev–Trinajstić information content (AvgIpc) is 2.84. The molecular formula is C27H33N3O2. The first-order valence-corrected chi connectivity index (χ1v) is 11.7. The first-order chi connectivity index (χ1) is 15.8. The van der Waals surface area contributed by atoms with Crippen LogP contribution in [0.4, 0.5) is 11.5 Å². The van der Waals surface area contributed by atoms with Crippen LogP contribution in [0.3, 0.4) is 0 Å². The number of aromatic nitrogens is 2. The minimum Gasteiger partial charge on any atom is -0.493 e. The Balaban J connectivity index is 1.26. The van der Waals surface area contributed by atoms with E-state index in [4.69, 9.17) is 9.47 Å². The van der Waals surface area contributed by atoms with Gasteiger partial charge < -0.3 is 14.8 Å². The highest BCUT2D eigenvalue weighted by molar-refractivity contribution is 5.62. The van der Waals surface area contributed by atoms with Crippen molar-refractivity contribution in [2.75, 3.05) is 11.9 Å². The summed E-state index contributed by atoms with van der Waals surface area (Å²) >= 11 is 0. The van der Waals surface area contributed by atoms with Gasteiger partial charge in [-0.15, -0.1) is 0 Å². The van der Waals surface area contributed by atoms with Gasteiger partial charge in [0, 0.05) is 35.9 Å². The van der Waals surface area contributed by atoms with E-state index in [1.165, 1.54) is 38.5 Å². The van der Waals surface area contributed by atoms with E-state index >= 15 is 0 Å². The van der Waals surface area contributed by atoms with Crippen molar-refractivity contribution in [1.29, 1.82) is 0 Å². The highest BCUT2D eigenvalue weighted by Crippen LogP contribution is 2.28. The molecule has 0 unspecified atom stereocenters. The Kier molecular flexibility index (Phi) is 7.96. The number of rotatable bonds is 10. The summed E-state index contributed by atoms with van der Waals surface area (Å²) < 4.78 is 11.9. The summed E-state index contributed by atoms with van der Waals surface area (Å²) in [5.41, 5.74) is 3.14. The highest BCUT2D eigenvalue weighted by Gasteiger charge is 2.12. The predicted octanol–water partition coefficient (Wildman–Crippen LogP) is 6.85. The van der Waals surface area contributed by atoms with Crippen LogP contribution in [0.1, 0.15) is 56.1 Å². The van der Waals surface area contributed by atoms with E-state index in [0.717, 1.165) is 53.1 Å². The summed E-state index contributed by atoms with van der Waals surface area (Å²) in [5, 5.41) is 3.40. The number of nitrogens with one attached hydrogen (secondary N) is 1. The van der Waals surface area contributed by atoms with Gasteiger partial charge in [0.2, 0.25) is 0 Å². The summed E-state index contributed by atoms with van der Waals surface area (Å²) in [5.74, 6) is 3.38. The molecule has 1 aliphatic carbocycles. The zero-order valence-corrected chi connectivity index (χ0v) is 18.9. The smallest absolute Gasteiger partial charge is 0.133 e. The molecule has 0 aliphatic heterocycles. The minimum atomic E-state index is 0.502. The molecule has 0 spiro atoms. The Morgan fingerprint density at radius 3 is 2.66 bits per heavy atom. The molecule has 1 fully saturated rings. The predicted molar refractivity (Wildman–Crippen MR) is 129 cm³/mol. The van der Waals surface area contributed by atoms with Gasteiger partial charge in [0.25, 0.3) is 0 Å².